The molecule has 0 fully saturated rings. The van der Waals surface area contributed by atoms with Crippen LogP contribution in [0.4, 0.5) is 11.4 Å². The fraction of sp³-hybridized carbons (Fsp3) is 0.147. The maximum absolute atomic E-state index is 13.5. The quantitative estimate of drug-likeness (QED) is 0.122. The molecule has 4 aromatic carbocycles. The van der Waals surface area contributed by atoms with Crippen LogP contribution < -0.4 is 25.4 Å². The number of amides is 3. The van der Waals surface area contributed by atoms with Crippen molar-refractivity contribution < 1.29 is 23.9 Å². The molecule has 1 aliphatic rings. The van der Waals surface area contributed by atoms with Gasteiger partial charge in [-0.05, 0) is 72.7 Å². The number of rotatable bonds is 10. The molecule has 0 bridgehead atoms. The molecular formula is C34H30BrN3O5S. The van der Waals surface area contributed by atoms with Gasteiger partial charge in [0.05, 0.1) is 5.25 Å². The van der Waals surface area contributed by atoms with E-state index in [4.69, 9.17) is 9.47 Å². The Bertz CT molecular complexity index is 1700. The van der Waals surface area contributed by atoms with Crippen molar-refractivity contribution in [2.24, 2.45) is 0 Å². The first-order chi connectivity index (χ1) is 21.4. The number of hydrogen-bond donors (Lipinski definition) is 3. The number of benzene rings is 4. The predicted octanol–water partition coefficient (Wildman–Crippen LogP) is 7.14. The van der Waals surface area contributed by atoms with Crippen LogP contribution in [0.15, 0.2) is 112 Å². The molecule has 1 heterocycles. The van der Waals surface area contributed by atoms with Gasteiger partial charge in [0.1, 0.15) is 18.9 Å². The Morgan fingerprint density at radius 2 is 1.59 bits per heavy atom. The number of hydrogen-bond acceptors (Lipinski definition) is 6. The van der Waals surface area contributed by atoms with Crippen LogP contribution in [0.3, 0.4) is 0 Å². The van der Waals surface area contributed by atoms with Crippen molar-refractivity contribution >= 4 is 62.9 Å². The van der Waals surface area contributed by atoms with E-state index in [0.29, 0.717) is 48.1 Å². The summed E-state index contributed by atoms with van der Waals surface area (Å²) < 4.78 is 12.0. The molecule has 1 aliphatic heterocycles. The van der Waals surface area contributed by atoms with Gasteiger partial charge in [-0.3, -0.25) is 14.4 Å². The second-order valence-corrected chi connectivity index (χ2v) is 12.0. The molecular weight excluding hydrogens is 642 g/mol. The van der Waals surface area contributed by atoms with Crippen LogP contribution in [-0.2, 0) is 9.59 Å². The molecule has 4 aromatic rings. The summed E-state index contributed by atoms with van der Waals surface area (Å²) in [6.07, 6.45) is 2.21. The predicted molar refractivity (Wildman–Crippen MR) is 177 cm³/mol. The van der Waals surface area contributed by atoms with E-state index in [1.54, 1.807) is 60.7 Å². The highest BCUT2D eigenvalue weighted by Crippen LogP contribution is 2.34. The van der Waals surface area contributed by atoms with E-state index >= 15 is 0 Å². The summed E-state index contributed by atoms with van der Waals surface area (Å²) in [6.45, 7) is 2.91. The number of fused-ring (bicyclic) bond motifs is 1. The molecule has 0 aromatic heterocycles. The number of carbonyl (C=O) groups excluding carboxylic acids is 3. The molecule has 8 nitrogen and oxygen atoms in total. The SMILES string of the molecule is CCC(Sc1cccc(NC(=O)/C(=C\c2cccc(Br)c2)NC(=O)c2ccccc2)c1)C(=O)Nc1ccc2c(c1)OCCO2. The number of anilines is 2. The third-order valence-electron chi connectivity index (χ3n) is 6.53. The Balaban J connectivity index is 1.29. The van der Waals surface area contributed by atoms with E-state index in [1.165, 1.54) is 11.8 Å². The van der Waals surface area contributed by atoms with E-state index in [9.17, 15) is 14.4 Å². The fourth-order valence-electron chi connectivity index (χ4n) is 4.38. The van der Waals surface area contributed by atoms with Crippen molar-refractivity contribution in [2.45, 2.75) is 23.5 Å². The summed E-state index contributed by atoms with van der Waals surface area (Å²) in [7, 11) is 0. The molecule has 3 N–H and O–H groups in total. The van der Waals surface area contributed by atoms with Crippen LogP contribution in [0.5, 0.6) is 11.5 Å². The second-order valence-electron chi connectivity index (χ2n) is 9.78. The highest BCUT2D eigenvalue weighted by molar-refractivity contribution is 9.10. The van der Waals surface area contributed by atoms with Crippen LogP contribution in [0, 0.1) is 0 Å². The summed E-state index contributed by atoms with van der Waals surface area (Å²) in [5.74, 6) is 0.225. The summed E-state index contributed by atoms with van der Waals surface area (Å²) in [4.78, 5) is 40.4. The Morgan fingerprint density at radius 3 is 2.36 bits per heavy atom. The lowest BCUT2D eigenvalue weighted by molar-refractivity contribution is -0.116. The Labute approximate surface area is 268 Å². The van der Waals surface area contributed by atoms with Crippen LogP contribution in [0.1, 0.15) is 29.3 Å². The highest BCUT2D eigenvalue weighted by atomic mass is 79.9. The summed E-state index contributed by atoms with van der Waals surface area (Å²) in [5, 5.41) is 8.23. The van der Waals surface area contributed by atoms with Gasteiger partial charge in [-0.25, -0.2) is 0 Å². The number of halogens is 1. The summed E-state index contributed by atoms with van der Waals surface area (Å²) in [6, 6.07) is 28.7. The molecule has 0 saturated carbocycles. The van der Waals surface area contributed by atoms with Crippen molar-refractivity contribution in [3.05, 3.63) is 118 Å². The van der Waals surface area contributed by atoms with Crippen LogP contribution >= 0.6 is 27.7 Å². The first kappa shape index (κ1) is 30.9. The minimum atomic E-state index is -0.486. The lowest BCUT2D eigenvalue weighted by Gasteiger charge is -2.20. The molecule has 0 aliphatic carbocycles. The van der Waals surface area contributed by atoms with Crippen molar-refractivity contribution in [3.8, 4) is 11.5 Å². The van der Waals surface area contributed by atoms with Gasteiger partial charge in [0, 0.05) is 32.4 Å². The van der Waals surface area contributed by atoms with Gasteiger partial charge in [0.15, 0.2) is 11.5 Å². The normalized spacial score (nSPS) is 13.0. The lowest BCUT2D eigenvalue weighted by atomic mass is 10.1. The molecule has 224 valence electrons. The van der Waals surface area contributed by atoms with Crippen LogP contribution in [-0.4, -0.2) is 36.2 Å². The average Bonchev–Trinajstić information content (AvgIpc) is 3.03. The van der Waals surface area contributed by atoms with Crippen molar-refractivity contribution in [1.82, 2.24) is 5.32 Å². The van der Waals surface area contributed by atoms with E-state index in [-0.39, 0.29) is 16.9 Å². The monoisotopic (exact) mass is 671 g/mol. The zero-order valence-corrected chi connectivity index (χ0v) is 26.2. The molecule has 1 unspecified atom stereocenters. The standard InChI is InChI=1S/C34H30BrN3O5S/c1-2-31(34(41)37-26-14-15-29-30(21-26)43-17-16-42-29)44-27-13-7-12-25(20-27)36-33(40)28(19-22-8-6-11-24(35)18-22)38-32(39)23-9-4-3-5-10-23/h3-15,18-21,31H,2,16-17H2,1H3,(H,36,40)(H,37,41)(H,38,39)/b28-19+. The largest absolute Gasteiger partial charge is 0.486 e. The smallest absolute Gasteiger partial charge is 0.272 e. The van der Waals surface area contributed by atoms with E-state index < -0.39 is 11.8 Å². The van der Waals surface area contributed by atoms with Crippen molar-refractivity contribution in [2.75, 3.05) is 23.8 Å². The van der Waals surface area contributed by atoms with Gasteiger partial charge in [-0.1, -0.05) is 59.3 Å². The van der Waals surface area contributed by atoms with Gasteiger partial charge < -0.3 is 25.4 Å². The Morgan fingerprint density at radius 1 is 0.841 bits per heavy atom. The molecule has 0 saturated heterocycles. The highest BCUT2D eigenvalue weighted by Gasteiger charge is 2.21. The van der Waals surface area contributed by atoms with Gasteiger partial charge in [0.2, 0.25) is 5.91 Å². The number of carbonyl (C=O) groups is 3. The minimum Gasteiger partial charge on any atom is -0.486 e. The molecule has 0 spiro atoms. The second kappa shape index (κ2) is 14.8. The van der Waals surface area contributed by atoms with Crippen LogP contribution in [0.25, 0.3) is 6.08 Å². The maximum atomic E-state index is 13.5. The summed E-state index contributed by atoms with van der Waals surface area (Å²) >= 11 is 4.85. The fourth-order valence-corrected chi connectivity index (χ4v) is 5.81. The number of thioether (sulfide) groups is 1. The van der Waals surface area contributed by atoms with Gasteiger partial charge in [-0.2, -0.15) is 0 Å². The van der Waals surface area contributed by atoms with Crippen molar-refractivity contribution in [3.63, 3.8) is 0 Å². The van der Waals surface area contributed by atoms with Gasteiger partial charge in [0.25, 0.3) is 11.8 Å². The molecule has 44 heavy (non-hydrogen) atoms. The van der Waals surface area contributed by atoms with Gasteiger partial charge in [-0.15, -0.1) is 11.8 Å². The molecule has 3 amide bonds. The maximum Gasteiger partial charge on any atom is 0.272 e. The zero-order valence-electron chi connectivity index (χ0n) is 23.8. The van der Waals surface area contributed by atoms with Crippen LogP contribution in [0.2, 0.25) is 0 Å². The Hall–Kier alpha value is -4.54. The zero-order chi connectivity index (χ0) is 30.9. The number of ether oxygens (including phenoxy) is 2. The molecule has 10 heteroatoms. The third-order valence-corrected chi connectivity index (χ3v) is 8.38. The van der Waals surface area contributed by atoms with E-state index in [1.807, 2.05) is 49.4 Å². The first-order valence-electron chi connectivity index (χ1n) is 14.0. The summed E-state index contributed by atoms with van der Waals surface area (Å²) in [5.41, 5.74) is 2.40. The molecule has 0 radical (unpaired) electrons. The number of nitrogens with one attached hydrogen (secondary N) is 3. The van der Waals surface area contributed by atoms with E-state index in [0.717, 1.165) is 14.9 Å². The lowest BCUT2D eigenvalue weighted by Crippen LogP contribution is -2.30. The molecule has 1 atom stereocenters. The average molecular weight is 673 g/mol. The van der Waals surface area contributed by atoms with Gasteiger partial charge >= 0.3 is 0 Å². The Kier molecular flexibility index (Phi) is 10.4. The topological polar surface area (TPSA) is 106 Å². The first-order valence-corrected chi connectivity index (χ1v) is 15.7. The third kappa shape index (κ3) is 8.30. The van der Waals surface area contributed by atoms with E-state index in [2.05, 4.69) is 31.9 Å². The molecule has 5 rings (SSSR count). The van der Waals surface area contributed by atoms with Crippen molar-refractivity contribution in [1.29, 1.82) is 0 Å². The minimum absolute atomic E-state index is 0.0836.